The van der Waals surface area contributed by atoms with Crippen LogP contribution in [0.2, 0.25) is 0 Å². The van der Waals surface area contributed by atoms with Crippen molar-refractivity contribution in [3.05, 3.63) is 66.2 Å². The summed E-state index contributed by atoms with van der Waals surface area (Å²) in [6.45, 7) is 3.94. The maximum absolute atomic E-state index is 10.2. The highest BCUT2D eigenvalue weighted by Gasteiger charge is 2.33. The van der Waals surface area contributed by atoms with Crippen LogP contribution in [0.25, 0.3) is 0 Å². The Morgan fingerprint density at radius 3 is 1.94 bits per heavy atom. The first-order valence-electron chi connectivity index (χ1n) is 6.10. The van der Waals surface area contributed by atoms with Gasteiger partial charge in [-0.2, -0.15) is 0 Å². The fourth-order valence-electron chi connectivity index (χ4n) is 1.89. The lowest BCUT2D eigenvalue weighted by Gasteiger charge is -2.32. The molecule has 2 heteroatoms. The maximum atomic E-state index is 10.2. The first-order chi connectivity index (χ1) is 8.63. The van der Waals surface area contributed by atoms with Gasteiger partial charge in [-0.3, -0.25) is 0 Å². The normalized spacial score (nSPS) is 15.9. The van der Waals surface area contributed by atoms with Gasteiger partial charge in [0, 0.05) is 4.90 Å². The Hall–Kier alpha value is -1.25. The average molecular weight is 258 g/mol. The van der Waals surface area contributed by atoms with Crippen LogP contribution in [0.1, 0.15) is 19.4 Å². The Kier molecular flexibility index (Phi) is 4.10. The summed E-state index contributed by atoms with van der Waals surface area (Å²) in [6, 6.07) is 20.4. The average Bonchev–Trinajstić information content (AvgIpc) is 2.40. The number of aliphatic hydroxyl groups is 1. The zero-order valence-electron chi connectivity index (χ0n) is 10.7. The van der Waals surface area contributed by atoms with Crippen molar-refractivity contribution >= 4 is 11.8 Å². The highest BCUT2D eigenvalue weighted by Crippen LogP contribution is 2.43. The minimum absolute atomic E-state index is 0.331. The molecule has 94 valence electrons. The first kappa shape index (κ1) is 13.2. The third kappa shape index (κ3) is 2.77. The summed E-state index contributed by atoms with van der Waals surface area (Å²) in [4.78, 5) is 1.17. The van der Waals surface area contributed by atoms with E-state index in [1.807, 2.05) is 43.3 Å². The Bertz CT molecular complexity index is 481. The fourth-order valence-corrected chi connectivity index (χ4v) is 3.10. The molecule has 0 radical (unpaired) electrons. The van der Waals surface area contributed by atoms with Gasteiger partial charge in [-0.25, -0.2) is 0 Å². The van der Waals surface area contributed by atoms with E-state index in [1.165, 1.54) is 4.90 Å². The van der Waals surface area contributed by atoms with E-state index in [9.17, 15) is 5.11 Å². The fraction of sp³-hybridized carbons (Fsp3) is 0.250. The van der Waals surface area contributed by atoms with Gasteiger partial charge in [0.05, 0.1) is 10.9 Å². The van der Waals surface area contributed by atoms with Crippen LogP contribution in [0.15, 0.2) is 65.6 Å². The molecule has 0 saturated heterocycles. The summed E-state index contributed by atoms with van der Waals surface area (Å²) < 4.78 is -0.331. The summed E-state index contributed by atoms with van der Waals surface area (Å²) >= 11 is 1.70. The molecule has 0 heterocycles. The molecule has 0 fully saturated rings. The molecule has 0 aliphatic heterocycles. The second-order valence-electron chi connectivity index (χ2n) is 4.56. The molecule has 0 unspecified atom stereocenters. The lowest BCUT2D eigenvalue weighted by Crippen LogP contribution is -2.30. The lowest BCUT2D eigenvalue weighted by molar-refractivity contribution is 0.154. The molecule has 0 aliphatic rings. The van der Waals surface area contributed by atoms with Gasteiger partial charge in [0.1, 0.15) is 0 Å². The van der Waals surface area contributed by atoms with Crippen LogP contribution >= 0.6 is 11.8 Å². The van der Waals surface area contributed by atoms with Crippen LogP contribution in [0, 0.1) is 0 Å². The van der Waals surface area contributed by atoms with E-state index >= 15 is 0 Å². The van der Waals surface area contributed by atoms with Crippen LogP contribution in [-0.4, -0.2) is 11.2 Å². The predicted octanol–water partition coefficient (Wildman–Crippen LogP) is 4.07. The summed E-state index contributed by atoms with van der Waals surface area (Å²) in [7, 11) is 0. The maximum Gasteiger partial charge on any atom is 0.0700 e. The first-order valence-corrected chi connectivity index (χ1v) is 6.92. The molecule has 0 spiro atoms. The van der Waals surface area contributed by atoms with E-state index < -0.39 is 6.10 Å². The van der Waals surface area contributed by atoms with Crippen LogP contribution in [-0.2, 0) is 4.75 Å². The summed E-state index contributed by atoms with van der Waals surface area (Å²) in [6.07, 6.45) is -0.426. The molecule has 0 amide bonds. The Morgan fingerprint density at radius 1 is 0.944 bits per heavy atom. The largest absolute Gasteiger partial charge is 0.392 e. The molecule has 0 aliphatic carbocycles. The van der Waals surface area contributed by atoms with Crippen LogP contribution in [0.4, 0.5) is 0 Å². The van der Waals surface area contributed by atoms with Crippen molar-refractivity contribution < 1.29 is 5.11 Å². The minimum atomic E-state index is -0.426. The Balaban J connectivity index is 2.34. The number of hydrogen-bond acceptors (Lipinski definition) is 2. The van der Waals surface area contributed by atoms with Crippen molar-refractivity contribution in [1.82, 2.24) is 0 Å². The summed E-state index contributed by atoms with van der Waals surface area (Å²) in [5.74, 6) is 0. The number of rotatable bonds is 4. The monoisotopic (exact) mass is 258 g/mol. The molecule has 2 aromatic carbocycles. The Morgan fingerprint density at radius 2 is 1.44 bits per heavy atom. The Labute approximate surface area is 113 Å². The zero-order chi connectivity index (χ0) is 13.0. The molecule has 2 atom stereocenters. The highest BCUT2D eigenvalue weighted by atomic mass is 32.2. The van der Waals surface area contributed by atoms with Crippen LogP contribution < -0.4 is 0 Å². The van der Waals surface area contributed by atoms with Crippen LogP contribution in [0.5, 0.6) is 0 Å². The van der Waals surface area contributed by atoms with Gasteiger partial charge < -0.3 is 5.11 Å². The van der Waals surface area contributed by atoms with Gasteiger partial charge in [0.2, 0.25) is 0 Å². The molecule has 1 nitrogen and oxygen atoms in total. The molecule has 18 heavy (non-hydrogen) atoms. The van der Waals surface area contributed by atoms with Crippen molar-refractivity contribution in [3.8, 4) is 0 Å². The zero-order valence-corrected chi connectivity index (χ0v) is 11.5. The molecule has 0 saturated carbocycles. The van der Waals surface area contributed by atoms with Gasteiger partial charge in [-0.05, 0) is 31.5 Å². The minimum Gasteiger partial charge on any atom is -0.392 e. The number of aliphatic hydroxyl groups excluding tert-OH is 1. The van der Waals surface area contributed by atoms with E-state index in [-0.39, 0.29) is 4.75 Å². The van der Waals surface area contributed by atoms with Crippen molar-refractivity contribution in [2.75, 3.05) is 0 Å². The third-order valence-corrected chi connectivity index (χ3v) is 4.73. The second kappa shape index (κ2) is 5.59. The molecule has 2 rings (SSSR count). The molecule has 0 aromatic heterocycles. The number of hydrogen-bond donors (Lipinski definition) is 1. The smallest absolute Gasteiger partial charge is 0.0700 e. The van der Waals surface area contributed by atoms with Gasteiger partial charge in [-0.15, -0.1) is 11.8 Å². The van der Waals surface area contributed by atoms with Gasteiger partial charge in [-0.1, -0.05) is 48.5 Å². The van der Waals surface area contributed by atoms with Crippen molar-refractivity contribution in [3.63, 3.8) is 0 Å². The quantitative estimate of drug-likeness (QED) is 0.834. The van der Waals surface area contributed by atoms with Gasteiger partial charge in [0.15, 0.2) is 0 Å². The molecule has 1 N–H and O–H groups in total. The van der Waals surface area contributed by atoms with E-state index in [1.54, 1.807) is 11.8 Å². The highest BCUT2D eigenvalue weighted by molar-refractivity contribution is 8.00. The van der Waals surface area contributed by atoms with Crippen LogP contribution in [0.3, 0.4) is 0 Å². The standard InChI is InChI=1S/C16H18OS/c1-13(17)16(2,14-9-5-3-6-10-14)18-15-11-7-4-8-12-15/h3-13,17H,1-2H3/t13-,16+/m1/s1. The third-order valence-electron chi connectivity index (χ3n) is 3.22. The van der Waals surface area contributed by atoms with Crippen molar-refractivity contribution in [1.29, 1.82) is 0 Å². The van der Waals surface area contributed by atoms with Gasteiger partial charge >= 0.3 is 0 Å². The molecular formula is C16H18OS. The summed E-state index contributed by atoms with van der Waals surface area (Å²) in [5.41, 5.74) is 1.15. The predicted molar refractivity (Wildman–Crippen MR) is 77.8 cm³/mol. The van der Waals surface area contributed by atoms with E-state index in [4.69, 9.17) is 0 Å². The molecule has 0 bridgehead atoms. The lowest BCUT2D eigenvalue weighted by atomic mass is 9.95. The second-order valence-corrected chi connectivity index (χ2v) is 6.09. The molecule has 2 aromatic rings. The van der Waals surface area contributed by atoms with Crippen molar-refractivity contribution in [2.24, 2.45) is 0 Å². The van der Waals surface area contributed by atoms with Gasteiger partial charge in [0.25, 0.3) is 0 Å². The topological polar surface area (TPSA) is 20.2 Å². The number of benzene rings is 2. The van der Waals surface area contributed by atoms with Crippen molar-refractivity contribution in [2.45, 2.75) is 29.6 Å². The summed E-state index contributed by atoms with van der Waals surface area (Å²) in [5, 5.41) is 10.2. The van der Waals surface area contributed by atoms with E-state index in [2.05, 4.69) is 31.2 Å². The number of thioether (sulfide) groups is 1. The van der Waals surface area contributed by atoms with E-state index in [0.717, 1.165) is 5.56 Å². The molecular weight excluding hydrogens is 240 g/mol. The SMILES string of the molecule is C[C@@H](O)[C@](C)(Sc1ccccc1)c1ccccc1. The van der Waals surface area contributed by atoms with E-state index in [0.29, 0.717) is 0 Å².